The van der Waals surface area contributed by atoms with Crippen LogP contribution in [0.1, 0.15) is 5.82 Å². The van der Waals surface area contributed by atoms with Crippen molar-refractivity contribution in [1.82, 2.24) is 20.4 Å². The number of nitrogen functional groups attached to an aromatic ring is 1. The van der Waals surface area contributed by atoms with Gasteiger partial charge in [-0.2, -0.15) is 9.55 Å². The predicted molar refractivity (Wildman–Crippen MR) is 126 cm³/mol. The molecule has 5 rings (SSSR count). The molecule has 4 heterocycles. The van der Waals surface area contributed by atoms with E-state index in [2.05, 4.69) is 30.0 Å². The summed E-state index contributed by atoms with van der Waals surface area (Å²) in [6, 6.07) is 10.4. The molecule has 36 heavy (non-hydrogen) atoms. The van der Waals surface area contributed by atoms with Gasteiger partial charge in [-0.05, 0) is 12.1 Å². The number of hydrogen-bond acceptors (Lipinski definition) is 10. The van der Waals surface area contributed by atoms with E-state index in [9.17, 15) is 19.5 Å². The van der Waals surface area contributed by atoms with Crippen molar-refractivity contribution < 1.29 is 33.4 Å². The summed E-state index contributed by atoms with van der Waals surface area (Å²) in [4.78, 5) is 47.7. The summed E-state index contributed by atoms with van der Waals surface area (Å²) in [5.74, 6) is -2.42. The van der Waals surface area contributed by atoms with Gasteiger partial charge in [0.25, 0.3) is 11.8 Å². The Kier molecular flexibility index (Phi) is 6.01. The van der Waals surface area contributed by atoms with Crippen LogP contribution in [-0.4, -0.2) is 67.9 Å². The van der Waals surface area contributed by atoms with Crippen LogP contribution < -0.4 is 15.6 Å². The molecule has 0 saturated carbocycles. The van der Waals surface area contributed by atoms with Gasteiger partial charge in [-0.25, -0.2) is 4.79 Å². The molecule has 2 amide bonds. The SMILES string of the molecule is CO/N=C(\C(=O)NC1C(=O)N2C(C(=O)O)=C(C[n+]3cccc4ccccc43)CS[C@H]12)c1noc(N)n1. The highest BCUT2D eigenvalue weighted by atomic mass is 32.2. The highest BCUT2D eigenvalue weighted by Crippen LogP contribution is 2.40. The van der Waals surface area contributed by atoms with E-state index in [0.717, 1.165) is 10.9 Å². The Morgan fingerprint density at radius 1 is 1.36 bits per heavy atom. The number of para-hydroxylation sites is 1. The Labute approximate surface area is 207 Å². The molecule has 1 fully saturated rings. The normalized spacial score (nSPS) is 19.6. The lowest BCUT2D eigenvalue weighted by molar-refractivity contribution is -0.663. The minimum Gasteiger partial charge on any atom is -0.477 e. The smallest absolute Gasteiger partial charge is 0.352 e. The fraction of sp³-hybridized carbons (Fsp3) is 0.227. The number of nitrogens with two attached hydrogens (primary N) is 1. The largest absolute Gasteiger partial charge is 0.477 e. The number of hydrogen-bond donors (Lipinski definition) is 3. The van der Waals surface area contributed by atoms with Crippen LogP contribution in [0.25, 0.3) is 10.9 Å². The first-order chi connectivity index (χ1) is 17.4. The summed E-state index contributed by atoms with van der Waals surface area (Å²) < 4.78 is 6.62. The van der Waals surface area contributed by atoms with Gasteiger partial charge in [-0.1, -0.05) is 22.4 Å². The zero-order valence-electron chi connectivity index (χ0n) is 18.8. The third-order valence-corrected chi connectivity index (χ3v) is 7.08. The number of carbonyl (C=O) groups is 3. The van der Waals surface area contributed by atoms with Gasteiger partial charge in [0, 0.05) is 28.8 Å². The number of oxime groups is 1. The second-order valence-electron chi connectivity index (χ2n) is 7.89. The summed E-state index contributed by atoms with van der Waals surface area (Å²) in [7, 11) is 1.23. The lowest BCUT2D eigenvalue weighted by atomic mass is 10.0. The van der Waals surface area contributed by atoms with Crippen molar-refractivity contribution in [2.24, 2.45) is 5.16 Å². The molecular weight excluding hydrogens is 490 g/mol. The van der Waals surface area contributed by atoms with Gasteiger partial charge in [0.15, 0.2) is 12.7 Å². The number of pyridine rings is 1. The highest BCUT2D eigenvalue weighted by Gasteiger charge is 2.55. The zero-order chi connectivity index (χ0) is 25.4. The summed E-state index contributed by atoms with van der Waals surface area (Å²) in [5.41, 5.74) is 6.52. The zero-order valence-corrected chi connectivity index (χ0v) is 19.6. The Bertz CT molecular complexity index is 1450. The molecule has 184 valence electrons. The van der Waals surface area contributed by atoms with E-state index in [0.29, 0.717) is 17.9 Å². The number of nitrogens with zero attached hydrogens (tertiary/aromatic N) is 5. The van der Waals surface area contributed by atoms with Crippen LogP contribution in [0.3, 0.4) is 0 Å². The molecule has 1 unspecified atom stereocenters. The molecule has 1 saturated heterocycles. The molecule has 2 aliphatic rings. The number of aromatic nitrogens is 3. The first-order valence-corrected chi connectivity index (χ1v) is 11.7. The highest BCUT2D eigenvalue weighted by molar-refractivity contribution is 8.00. The third-order valence-electron chi connectivity index (χ3n) is 5.74. The number of carbonyl (C=O) groups excluding carboxylic acids is 2. The van der Waals surface area contributed by atoms with Crippen molar-refractivity contribution in [3.05, 3.63) is 59.7 Å². The number of anilines is 1. The van der Waals surface area contributed by atoms with Crippen LogP contribution >= 0.6 is 11.8 Å². The minimum atomic E-state index is -1.21. The lowest BCUT2D eigenvalue weighted by Gasteiger charge is -2.49. The number of β-lactam (4-membered cyclic amide) rings is 1. The molecule has 0 aliphatic carbocycles. The van der Waals surface area contributed by atoms with Crippen LogP contribution in [-0.2, 0) is 25.8 Å². The van der Waals surface area contributed by atoms with E-state index in [-0.39, 0.29) is 23.2 Å². The average Bonchev–Trinajstić information content (AvgIpc) is 3.31. The van der Waals surface area contributed by atoms with Gasteiger partial charge in [0.1, 0.15) is 24.2 Å². The number of carboxylic acid groups (broad SMARTS) is 1. The number of thioether (sulfide) groups is 1. The molecule has 0 bridgehead atoms. The van der Waals surface area contributed by atoms with Crippen molar-refractivity contribution in [3.63, 3.8) is 0 Å². The maximum atomic E-state index is 13.0. The molecule has 2 aromatic heterocycles. The maximum absolute atomic E-state index is 13.0. The van der Waals surface area contributed by atoms with E-state index in [4.69, 9.17) is 5.73 Å². The fourth-order valence-corrected chi connectivity index (χ4v) is 5.52. The number of amides is 2. The van der Waals surface area contributed by atoms with Crippen molar-refractivity contribution in [3.8, 4) is 0 Å². The molecule has 2 aliphatic heterocycles. The summed E-state index contributed by atoms with van der Waals surface area (Å²) >= 11 is 1.36. The van der Waals surface area contributed by atoms with Gasteiger partial charge in [0.05, 0.1) is 0 Å². The van der Waals surface area contributed by atoms with Crippen LogP contribution in [0.2, 0.25) is 0 Å². The first kappa shape index (κ1) is 23.3. The molecular formula is C22H20N7O6S+. The van der Waals surface area contributed by atoms with Gasteiger partial charge in [-0.3, -0.25) is 14.5 Å². The van der Waals surface area contributed by atoms with Crippen molar-refractivity contribution in [2.75, 3.05) is 18.6 Å². The fourth-order valence-electron chi connectivity index (χ4n) is 4.19. The first-order valence-electron chi connectivity index (χ1n) is 10.7. The molecule has 13 nitrogen and oxygen atoms in total. The lowest BCUT2D eigenvalue weighted by Crippen LogP contribution is -2.71. The molecule has 14 heteroatoms. The van der Waals surface area contributed by atoms with Crippen LogP contribution in [0.15, 0.2) is 63.5 Å². The van der Waals surface area contributed by atoms with Gasteiger partial charge >= 0.3 is 12.0 Å². The number of fused-ring (bicyclic) bond motifs is 2. The number of benzene rings is 1. The van der Waals surface area contributed by atoms with E-state index < -0.39 is 29.2 Å². The predicted octanol–water partition coefficient (Wildman–Crippen LogP) is -0.118. The van der Waals surface area contributed by atoms with Crippen molar-refractivity contribution in [1.29, 1.82) is 0 Å². The van der Waals surface area contributed by atoms with Crippen molar-refractivity contribution in [2.45, 2.75) is 18.0 Å². The number of carboxylic acids is 1. The number of aliphatic carboxylic acids is 1. The molecule has 2 atom stereocenters. The number of nitrogens with one attached hydrogen (secondary N) is 1. The van der Waals surface area contributed by atoms with Gasteiger partial charge < -0.3 is 25.5 Å². The Morgan fingerprint density at radius 2 is 2.14 bits per heavy atom. The van der Waals surface area contributed by atoms with Crippen LogP contribution in [0.5, 0.6) is 0 Å². The monoisotopic (exact) mass is 510 g/mol. The molecule has 1 aromatic carbocycles. The Morgan fingerprint density at radius 3 is 2.86 bits per heavy atom. The maximum Gasteiger partial charge on any atom is 0.352 e. The van der Waals surface area contributed by atoms with E-state index in [1.165, 1.54) is 23.8 Å². The number of rotatable bonds is 7. The van der Waals surface area contributed by atoms with Crippen LogP contribution in [0, 0.1) is 0 Å². The van der Waals surface area contributed by atoms with Crippen molar-refractivity contribution >= 4 is 52.2 Å². The van der Waals surface area contributed by atoms with Gasteiger partial charge in [0.2, 0.25) is 17.1 Å². The summed E-state index contributed by atoms with van der Waals surface area (Å²) in [6.07, 6.45) is 1.87. The summed E-state index contributed by atoms with van der Waals surface area (Å²) in [6.45, 7) is 0.299. The topological polar surface area (TPSA) is 177 Å². The van der Waals surface area contributed by atoms with E-state index in [1.807, 2.05) is 47.2 Å². The standard InChI is InChI=1S/C22H19N7O6S/c1-34-26-14(17-25-22(23)35-27-17)18(30)24-15-19(31)29-16(21(32)33)12(10-36-20(15)29)9-28-8-4-6-11-5-2-3-7-13(11)28/h2-8,15,20H,9-10H2,1H3,(H3-,23,24,25,27,30,32,33)/p+1/b26-14-/t15?,20-/m1/s1. The van der Waals surface area contributed by atoms with E-state index >= 15 is 0 Å². The summed E-state index contributed by atoms with van der Waals surface area (Å²) in [5, 5.41) is 20.1. The second-order valence-corrected chi connectivity index (χ2v) is 9.00. The molecule has 0 spiro atoms. The molecule has 3 aromatic rings. The Balaban J connectivity index is 1.38. The third kappa shape index (κ3) is 4.00. The second kappa shape index (κ2) is 9.30. The van der Waals surface area contributed by atoms with E-state index in [1.54, 1.807) is 0 Å². The van der Waals surface area contributed by atoms with Crippen LogP contribution in [0.4, 0.5) is 6.01 Å². The van der Waals surface area contributed by atoms with Gasteiger partial charge in [-0.15, -0.1) is 11.8 Å². The molecule has 4 N–H and O–H groups in total. The minimum absolute atomic E-state index is 0.0774. The average molecular weight is 511 g/mol. The quantitative estimate of drug-likeness (QED) is 0.168. The molecule has 0 radical (unpaired) electrons. The Hall–Kier alpha value is -4.46.